The van der Waals surface area contributed by atoms with E-state index in [0.29, 0.717) is 12.0 Å². The maximum absolute atomic E-state index is 6.03. The Balaban J connectivity index is 2.31. The number of benzene rings is 1. The zero-order valence-corrected chi connectivity index (χ0v) is 11.8. The van der Waals surface area contributed by atoms with Crippen LogP contribution < -0.4 is 5.32 Å². The van der Waals surface area contributed by atoms with Gasteiger partial charge in [-0.1, -0.05) is 38.5 Å². The molecule has 0 saturated heterocycles. The normalized spacial score (nSPS) is 14.9. The van der Waals surface area contributed by atoms with Gasteiger partial charge in [-0.05, 0) is 37.9 Å². The standard InChI is InChI=1S/C16H23NO/c1-5-11(2)9-14(17-4)15-10-13-8-6-7-12(3)16(13)18-15/h6-8,10-11,14,17H,5,9H2,1-4H3. The first kappa shape index (κ1) is 13.2. The molecule has 2 unspecified atom stereocenters. The fraction of sp³-hybridized carbons (Fsp3) is 0.500. The first-order valence-electron chi connectivity index (χ1n) is 6.82. The molecule has 0 fully saturated rings. The first-order chi connectivity index (χ1) is 8.65. The van der Waals surface area contributed by atoms with E-state index in [4.69, 9.17) is 4.42 Å². The third kappa shape index (κ3) is 2.59. The molecule has 1 aromatic carbocycles. The molecule has 0 amide bonds. The molecule has 18 heavy (non-hydrogen) atoms. The van der Waals surface area contributed by atoms with Crippen molar-refractivity contribution in [1.29, 1.82) is 0 Å². The van der Waals surface area contributed by atoms with Gasteiger partial charge in [0.05, 0.1) is 6.04 Å². The summed E-state index contributed by atoms with van der Waals surface area (Å²) in [5, 5.41) is 4.57. The third-order valence-electron chi connectivity index (χ3n) is 3.79. The Labute approximate surface area is 109 Å². The zero-order chi connectivity index (χ0) is 13.1. The minimum atomic E-state index is 0.312. The lowest BCUT2D eigenvalue weighted by Gasteiger charge is -2.17. The molecule has 1 aromatic heterocycles. The molecule has 2 atom stereocenters. The Morgan fingerprint density at radius 2 is 2.11 bits per heavy atom. The van der Waals surface area contributed by atoms with Gasteiger partial charge in [0.25, 0.3) is 0 Å². The summed E-state index contributed by atoms with van der Waals surface area (Å²) in [7, 11) is 2.01. The summed E-state index contributed by atoms with van der Waals surface area (Å²) in [6.45, 7) is 6.62. The Morgan fingerprint density at radius 1 is 1.33 bits per heavy atom. The van der Waals surface area contributed by atoms with Gasteiger partial charge in [-0.15, -0.1) is 0 Å². The van der Waals surface area contributed by atoms with Crippen LogP contribution >= 0.6 is 0 Å². The van der Waals surface area contributed by atoms with E-state index < -0.39 is 0 Å². The molecular weight excluding hydrogens is 222 g/mol. The molecule has 98 valence electrons. The first-order valence-corrected chi connectivity index (χ1v) is 6.82. The van der Waals surface area contributed by atoms with Crippen LogP contribution in [-0.4, -0.2) is 7.05 Å². The molecule has 0 aliphatic heterocycles. The van der Waals surface area contributed by atoms with Crippen molar-refractivity contribution in [3.63, 3.8) is 0 Å². The number of rotatable bonds is 5. The average molecular weight is 245 g/mol. The molecule has 2 nitrogen and oxygen atoms in total. The Hall–Kier alpha value is -1.28. The van der Waals surface area contributed by atoms with Gasteiger partial charge in [0.2, 0.25) is 0 Å². The van der Waals surface area contributed by atoms with Crippen molar-refractivity contribution in [2.75, 3.05) is 7.05 Å². The van der Waals surface area contributed by atoms with E-state index in [9.17, 15) is 0 Å². The molecule has 0 radical (unpaired) electrons. The molecule has 2 aromatic rings. The van der Waals surface area contributed by atoms with Gasteiger partial charge in [0.1, 0.15) is 11.3 Å². The fourth-order valence-corrected chi connectivity index (χ4v) is 2.35. The number of aryl methyl sites for hydroxylation is 1. The molecule has 1 N–H and O–H groups in total. The topological polar surface area (TPSA) is 25.2 Å². The van der Waals surface area contributed by atoms with Gasteiger partial charge in [-0.25, -0.2) is 0 Å². The Bertz CT molecular complexity index is 515. The largest absolute Gasteiger partial charge is 0.459 e. The second-order valence-corrected chi connectivity index (χ2v) is 5.23. The maximum Gasteiger partial charge on any atom is 0.137 e. The van der Waals surface area contributed by atoms with Gasteiger partial charge in [0, 0.05) is 5.39 Å². The van der Waals surface area contributed by atoms with E-state index in [-0.39, 0.29) is 0 Å². The van der Waals surface area contributed by atoms with Crippen LogP contribution in [0, 0.1) is 12.8 Å². The number of para-hydroxylation sites is 1. The summed E-state index contributed by atoms with van der Waals surface area (Å²) >= 11 is 0. The minimum absolute atomic E-state index is 0.312. The lowest BCUT2D eigenvalue weighted by Crippen LogP contribution is -2.18. The highest BCUT2D eigenvalue weighted by atomic mass is 16.3. The highest BCUT2D eigenvalue weighted by Crippen LogP contribution is 2.29. The summed E-state index contributed by atoms with van der Waals surface area (Å²) in [5.74, 6) is 1.76. The predicted octanol–water partition coefficient (Wildman–Crippen LogP) is 4.44. The zero-order valence-electron chi connectivity index (χ0n) is 11.8. The molecule has 0 bridgehead atoms. The SMILES string of the molecule is CCC(C)CC(NC)c1cc2cccc(C)c2o1. The van der Waals surface area contributed by atoms with Crippen LogP contribution in [0.4, 0.5) is 0 Å². The molecule has 1 heterocycles. The lowest BCUT2D eigenvalue weighted by molar-refractivity contribution is 0.371. The summed E-state index contributed by atoms with van der Waals surface area (Å²) in [6, 6.07) is 8.78. The van der Waals surface area contributed by atoms with Gasteiger partial charge in [-0.3, -0.25) is 0 Å². The summed E-state index contributed by atoms with van der Waals surface area (Å²) in [5.41, 5.74) is 2.23. The van der Waals surface area contributed by atoms with Crippen LogP contribution in [0.1, 0.15) is 44.1 Å². The van der Waals surface area contributed by atoms with Gasteiger partial charge >= 0.3 is 0 Å². The van der Waals surface area contributed by atoms with Crippen molar-refractivity contribution in [2.24, 2.45) is 5.92 Å². The van der Waals surface area contributed by atoms with Crippen LogP contribution in [-0.2, 0) is 0 Å². The van der Waals surface area contributed by atoms with Crippen molar-refractivity contribution in [3.05, 3.63) is 35.6 Å². The van der Waals surface area contributed by atoms with Crippen molar-refractivity contribution < 1.29 is 4.42 Å². The molecule has 0 saturated carbocycles. The van der Waals surface area contributed by atoms with Crippen molar-refractivity contribution in [1.82, 2.24) is 5.32 Å². The third-order valence-corrected chi connectivity index (χ3v) is 3.79. The van der Waals surface area contributed by atoms with E-state index in [1.165, 1.54) is 17.4 Å². The average Bonchev–Trinajstić information content (AvgIpc) is 2.80. The van der Waals surface area contributed by atoms with Crippen LogP contribution in [0.15, 0.2) is 28.7 Å². The van der Waals surface area contributed by atoms with E-state index in [2.05, 4.69) is 50.4 Å². The molecule has 0 spiro atoms. The molecule has 2 rings (SSSR count). The van der Waals surface area contributed by atoms with Gasteiger partial charge in [-0.2, -0.15) is 0 Å². The van der Waals surface area contributed by atoms with Crippen LogP contribution in [0.25, 0.3) is 11.0 Å². The smallest absolute Gasteiger partial charge is 0.137 e. The number of hydrogen-bond acceptors (Lipinski definition) is 2. The second kappa shape index (κ2) is 5.57. The number of nitrogens with one attached hydrogen (secondary N) is 1. The van der Waals surface area contributed by atoms with Gasteiger partial charge in [0.15, 0.2) is 0 Å². The van der Waals surface area contributed by atoms with Crippen LogP contribution in [0.2, 0.25) is 0 Å². The van der Waals surface area contributed by atoms with E-state index >= 15 is 0 Å². The predicted molar refractivity (Wildman–Crippen MR) is 76.8 cm³/mol. The highest BCUT2D eigenvalue weighted by Gasteiger charge is 2.17. The van der Waals surface area contributed by atoms with Crippen LogP contribution in [0.5, 0.6) is 0 Å². The van der Waals surface area contributed by atoms with Crippen molar-refractivity contribution >= 4 is 11.0 Å². The van der Waals surface area contributed by atoms with E-state index in [1.807, 2.05) is 7.05 Å². The number of hydrogen-bond donors (Lipinski definition) is 1. The van der Waals surface area contributed by atoms with Crippen molar-refractivity contribution in [3.8, 4) is 0 Å². The number of fused-ring (bicyclic) bond motifs is 1. The number of furan rings is 1. The second-order valence-electron chi connectivity index (χ2n) is 5.23. The summed E-state index contributed by atoms with van der Waals surface area (Å²) in [6.07, 6.45) is 2.32. The quantitative estimate of drug-likeness (QED) is 0.842. The minimum Gasteiger partial charge on any atom is -0.459 e. The Morgan fingerprint density at radius 3 is 2.72 bits per heavy atom. The molecule has 2 heteroatoms. The summed E-state index contributed by atoms with van der Waals surface area (Å²) < 4.78 is 6.03. The lowest BCUT2D eigenvalue weighted by atomic mass is 9.98. The van der Waals surface area contributed by atoms with Crippen LogP contribution in [0.3, 0.4) is 0 Å². The maximum atomic E-state index is 6.03. The molecule has 0 aliphatic carbocycles. The highest BCUT2D eigenvalue weighted by molar-refractivity contribution is 5.80. The molecular formula is C16H23NO. The monoisotopic (exact) mass is 245 g/mol. The molecule has 0 aliphatic rings. The van der Waals surface area contributed by atoms with Gasteiger partial charge < -0.3 is 9.73 Å². The van der Waals surface area contributed by atoms with Crippen molar-refractivity contribution in [2.45, 2.75) is 39.7 Å². The summed E-state index contributed by atoms with van der Waals surface area (Å²) in [4.78, 5) is 0. The Kier molecular flexibility index (Phi) is 4.07. The van der Waals surface area contributed by atoms with E-state index in [0.717, 1.165) is 17.8 Å². The fourth-order valence-electron chi connectivity index (χ4n) is 2.35. The van der Waals surface area contributed by atoms with E-state index in [1.54, 1.807) is 0 Å².